The van der Waals surface area contributed by atoms with Crippen molar-refractivity contribution in [3.8, 4) is 0 Å². The van der Waals surface area contributed by atoms with Crippen molar-refractivity contribution in [3.05, 3.63) is 58.3 Å². The van der Waals surface area contributed by atoms with Gasteiger partial charge in [0.05, 0.1) is 25.7 Å². The molecule has 0 aliphatic carbocycles. The maximum absolute atomic E-state index is 12.2. The molecule has 0 bridgehead atoms. The van der Waals surface area contributed by atoms with Gasteiger partial charge in [0.1, 0.15) is 0 Å². The van der Waals surface area contributed by atoms with E-state index in [0.717, 1.165) is 31.9 Å². The van der Waals surface area contributed by atoms with Crippen LogP contribution in [0.2, 0.25) is 0 Å². The molecule has 0 spiro atoms. The minimum atomic E-state index is 0. The lowest BCUT2D eigenvalue weighted by molar-refractivity contribution is -0.120. The average molecular weight is 367 g/mol. The van der Waals surface area contributed by atoms with E-state index in [-0.39, 0.29) is 24.4 Å². The molecule has 3 rings (SSSR count). The number of halogens is 1. The molecule has 1 unspecified atom stereocenters. The molecule has 1 aromatic heterocycles. The Bertz CT molecular complexity index is 601. The number of thiophene rings is 1. The van der Waals surface area contributed by atoms with Crippen LogP contribution in [0.5, 0.6) is 0 Å². The van der Waals surface area contributed by atoms with Crippen molar-refractivity contribution >= 4 is 29.7 Å². The molecule has 2 heterocycles. The first kappa shape index (κ1) is 18.9. The van der Waals surface area contributed by atoms with E-state index in [4.69, 9.17) is 4.74 Å². The van der Waals surface area contributed by atoms with Crippen LogP contribution >= 0.6 is 23.7 Å². The zero-order chi connectivity index (χ0) is 15.9. The van der Waals surface area contributed by atoms with Crippen molar-refractivity contribution in [2.45, 2.75) is 12.5 Å². The third-order valence-corrected chi connectivity index (χ3v) is 5.03. The molecular weight excluding hydrogens is 344 g/mol. The highest BCUT2D eigenvalue weighted by molar-refractivity contribution is 7.10. The third kappa shape index (κ3) is 5.31. The summed E-state index contributed by atoms with van der Waals surface area (Å²) in [6, 6.07) is 14.3. The minimum absolute atomic E-state index is 0. The van der Waals surface area contributed by atoms with Gasteiger partial charge in [-0.3, -0.25) is 9.69 Å². The predicted molar refractivity (Wildman–Crippen MR) is 99.9 cm³/mol. The molecule has 1 aliphatic rings. The largest absolute Gasteiger partial charge is 0.379 e. The summed E-state index contributed by atoms with van der Waals surface area (Å²) in [5.41, 5.74) is 1.05. The summed E-state index contributed by atoms with van der Waals surface area (Å²) in [6.07, 6.45) is 0.432. The van der Waals surface area contributed by atoms with Gasteiger partial charge in [-0.2, -0.15) is 0 Å². The molecule has 0 saturated carbocycles. The molecule has 1 aliphatic heterocycles. The number of hydrogen-bond donors (Lipinski definition) is 1. The molecule has 130 valence electrons. The highest BCUT2D eigenvalue weighted by Gasteiger charge is 2.23. The number of benzene rings is 1. The minimum Gasteiger partial charge on any atom is -0.379 e. The lowest BCUT2D eigenvalue weighted by atomic mass is 10.1. The van der Waals surface area contributed by atoms with Crippen molar-refractivity contribution < 1.29 is 9.53 Å². The molecule has 1 atom stereocenters. The van der Waals surface area contributed by atoms with Crippen molar-refractivity contribution in [3.63, 3.8) is 0 Å². The summed E-state index contributed by atoms with van der Waals surface area (Å²) < 4.78 is 5.45. The van der Waals surface area contributed by atoms with Gasteiger partial charge in [0, 0.05) is 24.5 Å². The second kappa shape index (κ2) is 9.79. The van der Waals surface area contributed by atoms with Crippen molar-refractivity contribution in [1.82, 2.24) is 10.2 Å². The number of ether oxygens (including phenoxy) is 1. The molecule has 2 aromatic rings. The summed E-state index contributed by atoms with van der Waals surface area (Å²) in [7, 11) is 0. The highest BCUT2D eigenvalue weighted by Crippen LogP contribution is 2.25. The fourth-order valence-electron chi connectivity index (χ4n) is 2.83. The van der Waals surface area contributed by atoms with Crippen LogP contribution in [0.4, 0.5) is 0 Å². The van der Waals surface area contributed by atoms with Crippen molar-refractivity contribution in [2.24, 2.45) is 0 Å². The SMILES string of the molecule is Cl.O=C(Cc1ccccc1)NCC(c1cccs1)N1CCOCC1. The summed E-state index contributed by atoms with van der Waals surface area (Å²) in [6.45, 7) is 4.00. The maximum atomic E-state index is 12.2. The van der Waals surface area contributed by atoms with E-state index in [1.165, 1.54) is 4.88 Å². The number of morpholine rings is 1. The zero-order valence-electron chi connectivity index (χ0n) is 13.5. The second-order valence-electron chi connectivity index (χ2n) is 5.65. The van der Waals surface area contributed by atoms with Crippen LogP contribution < -0.4 is 5.32 Å². The Morgan fingerprint density at radius 3 is 2.58 bits per heavy atom. The number of nitrogens with zero attached hydrogens (tertiary/aromatic N) is 1. The summed E-state index contributed by atoms with van der Waals surface area (Å²) in [4.78, 5) is 15.9. The Kier molecular flexibility index (Phi) is 7.72. The number of rotatable bonds is 6. The van der Waals surface area contributed by atoms with E-state index in [0.29, 0.717) is 13.0 Å². The van der Waals surface area contributed by atoms with Crippen LogP contribution in [0.25, 0.3) is 0 Å². The molecule has 6 heteroatoms. The van der Waals surface area contributed by atoms with Gasteiger partial charge in [0.2, 0.25) is 5.91 Å². The molecule has 1 aromatic carbocycles. The topological polar surface area (TPSA) is 41.6 Å². The van der Waals surface area contributed by atoms with Crippen LogP contribution in [0.15, 0.2) is 47.8 Å². The van der Waals surface area contributed by atoms with Gasteiger partial charge in [0.25, 0.3) is 0 Å². The van der Waals surface area contributed by atoms with Gasteiger partial charge in [-0.1, -0.05) is 36.4 Å². The van der Waals surface area contributed by atoms with Crippen molar-refractivity contribution in [2.75, 3.05) is 32.8 Å². The predicted octanol–water partition coefficient (Wildman–Crippen LogP) is 2.90. The van der Waals surface area contributed by atoms with Crippen LogP contribution in [0.1, 0.15) is 16.5 Å². The number of nitrogens with one attached hydrogen (secondary N) is 1. The Balaban J connectivity index is 0.00000208. The summed E-state index contributed by atoms with van der Waals surface area (Å²) in [5, 5.41) is 5.19. The second-order valence-corrected chi connectivity index (χ2v) is 6.63. The normalized spacial score (nSPS) is 16.2. The lowest BCUT2D eigenvalue weighted by Crippen LogP contribution is -2.43. The Morgan fingerprint density at radius 2 is 1.92 bits per heavy atom. The van der Waals surface area contributed by atoms with Gasteiger partial charge >= 0.3 is 0 Å². The van der Waals surface area contributed by atoms with Gasteiger partial charge in [-0.05, 0) is 17.0 Å². The fourth-order valence-corrected chi connectivity index (χ4v) is 3.69. The van der Waals surface area contributed by atoms with E-state index in [2.05, 4.69) is 27.7 Å². The van der Waals surface area contributed by atoms with Gasteiger partial charge in [0.15, 0.2) is 0 Å². The molecule has 4 nitrogen and oxygen atoms in total. The van der Waals surface area contributed by atoms with Gasteiger partial charge in [-0.15, -0.1) is 23.7 Å². The molecule has 1 saturated heterocycles. The quantitative estimate of drug-likeness (QED) is 0.854. The first-order chi connectivity index (χ1) is 11.3. The number of hydrogen-bond acceptors (Lipinski definition) is 4. The molecule has 1 N–H and O–H groups in total. The van der Waals surface area contributed by atoms with E-state index in [1.807, 2.05) is 30.3 Å². The lowest BCUT2D eigenvalue weighted by Gasteiger charge is -2.34. The molecular formula is C18H23ClN2O2S. The van der Waals surface area contributed by atoms with Crippen molar-refractivity contribution in [1.29, 1.82) is 0 Å². The Morgan fingerprint density at radius 1 is 1.17 bits per heavy atom. The summed E-state index contributed by atoms with van der Waals surface area (Å²) >= 11 is 1.75. The van der Waals surface area contributed by atoms with Crippen LogP contribution in [0.3, 0.4) is 0 Å². The Labute approximate surface area is 153 Å². The van der Waals surface area contributed by atoms with E-state index < -0.39 is 0 Å². The first-order valence-electron chi connectivity index (χ1n) is 7.99. The monoisotopic (exact) mass is 366 g/mol. The number of carbonyl (C=O) groups excluding carboxylic acids is 1. The average Bonchev–Trinajstić information content (AvgIpc) is 3.11. The standard InChI is InChI=1S/C18H22N2O2S.ClH/c21-18(13-15-5-2-1-3-6-15)19-14-16(17-7-4-12-23-17)20-8-10-22-11-9-20;/h1-7,12,16H,8-11,13-14H2,(H,19,21);1H. The molecule has 0 radical (unpaired) electrons. The smallest absolute Gasteiger partial charge is 0.224 e. The molecule has 24 heavy (non-hydrogen) atoms. The van der Waals surface area contributed by atoms with Gasteiger partial charge < -0.3 is 10.1 Å². The van der Waals surface area contributed by atoms with Crippen LogP contribution in [-0.4, -0.2) is 43.7 Å². The maximum Gasteiger partial charge on any atom is 0.224 e. The molecule has 1 amide bonds. The third-order valence-electron chi connectivity index (χ3n) is 4.06. The van der Waals surface area contributed by atoms with E-state index >= 15 is 0 Å². The Hall–Kier alpha value is -1.40. The summed E-state index contributed by atoms with van der Waals surface area (Å²) in [5.74, 6) is 0.0750. The number of amides is 1. The first-order valence-corrected chi connectivity index (χ1v) is 8.87. The highest BCUT2D eigenvalue weighted by atomic mass is 35.5. The van der Waals surface area contributed by atoms with Gasteiger partial charge in [-0.25, -0.2) is 0 Å². The molecule has 1 fully saturated rings. The van der Waals surface area contributed by atoms with Crippen LogP contribution in [0, 0.1) is 0 Å². The number of carbonyl (C=O) groups is 1. The van der Waals surface area contributed by atoms with Crippen LogP contribution in [-0.2, 0) is 16.0 Å². The fraction of sp³-hybridized carbons (Fsp3) is 0.389. The van der Waals surface area contributed by atoms with E-state index in [1.54, 1.807) is 11.3 Å². The van der Waals surface area contributed by atoms with E-state index in [9.17, 15) is 4.79 Å². The zero-order valence-corrected chi connectivity index (χ0v) is 15.2.